The number of pyridine rings is 1. The number of rotatable bonds is 6. The van der Waals surface area contributed by atoms with Gasteiger partial charge in [0.25, 0.3) is 0 Å². The van der Waals surface area contributed by atoms with Crippen LogP contribution in [-0.4, -0.2) is 20.8 Å². The predicted octanol–water partition coefficient (Wildman–Crippen LogP) is 4.71. The third kappa shape index (κ3) is 4.35. The Balaban J connectivity index is 1.39. The highest BCUT2D eigenvalue weighted by Gasteiger charge is 2.07. The molecule has 1 unspecified atom stereocenters. The van der Waals surface area contributed by atoms with E-state index in [1.54, 1.807) is 0 Å². The summed E-state index contributed by atoms with van der Waals surface area (Å²) in [5.74, 6) is 0. The Bertz CT molecular complexity index is 1040. The number of hydrogen-bond donors (Lipinski definition) is 1. The number of nitrogens with two attached hydrogens (primary N) is 1. The Kier molecular flexibility index (Phi) is 5.19. The lowest BCUT2D eigenvalue weighted by Gasteiger charge is -2.11. The maximum Gasteiger partial charge on any atom is 0.0568 e. The Morgan fingerprint density at radius 3 is 2.67 bits per heavy atom. The van der Waals surface area contributed by atoms with Crippen LogP contribution in [0.3, 0.4) is 0 Å². The zero-order chi connectivity index (χ0) is 18.6. The molecule has 2 aromatic carbocycles. The first kappa shape index (κ1) is 17.7. The minimum atomic E-state index is 0.0898. The Hall–Kier alpha value is -2.69. The van der Waals surface area contributed by atoms with Crippen LogP contribution in [-0.2, 0) is 13.0 Å². The van der Waals surface area contributed by atoms with Crippen LogP contribution < -0.4 is 5.73 Å². The number of halogens is 1. The molecule has 0 radical (unpaired) electrons. The molecule has 4 nitrogen and oxygen atoms in total. The van der Waals surface area contributed by atoms with Crippen molar-refractivity contribution >= 4 is 22.4 Å². The van der Waals surface area contributed by atoms with Gasteiger partial charge < -0.3 is 5.73 Å². The molecule has 0 fully saturated rings. The summed E-state index contributed by atoms with van der Waals surface area (Å²) in [5.41, 5.74) is 9.77. The van der Waals surface area contributed by atoms with Gasteiger partial charge in [-0.15, -0.1) is 0 Å². The number of hydrogen-bond acceptors (Lipinski definition) is 3. The average Bonchev–Trinajstić information content (AvgIpc) is 3.17. The maximum atomic E-state index is 6.29. The molecule has 0 saturated heterocycles. The summed E-state index contributed by atoms with van der Waals surface area (Å²) >= 11 is 5.93. The average molecular weight is 377 g/mol. The molecule has 2 N–H and O–H groups in total. The second kappa shape index (κ2) is 7.91. The maximum absolute atomic E-state index is 6.29. The van der Waals surface area contributed by atoms with E-state index < -0.39 is 0 Å². The lowest BCUT2D eigenvalue weighted by Crippen LogP contribution is -2.24. The fourth-order valence-electron chi connectivity index (χ4n) is 3.22. The molecular formula is C22H21ClN4. The topological polar surface area (TPSA) is 56.7 Å². The standard InChI is InChI=1S/C22H21ClN4/c23-21-5-1-16(2-6-21)11-22(24)8-10-27-15-20(14-26-27)17-3-4-19-13-25-9-7-18(19)12-17/h1-7,9,12-15,22H,8,10-11,24H2. The summed E-state index contributed by atoms with van der Waals surface area (Å²) in [6.07, 6.45) is 9.39. The molecule has 0 aliphatic rings. The highest BCUT2D eigenvalue weighted by molar-refractivity contribution is 6.30. The van der Waals surface area contributed by atoms with Crippen LogP contribution in [0.15, 0.2) is 73.3 Å². The molecule has 136 valence electrons. The van der Waals surface area contributed by atoms with E-state index in [0.717, 1.165) is 40.9 Å². The molecule has 0 saturated carbocycles. The summed E-state index contributed by atoms with van der Waals surface area (Å²) in [6, 6.07) is 16.4. The predicted molar refractivity (Wildman–Crippen MR) is 111 cm³/mol. The Morgan fingerprint density at radius 2 is 1.81 bits per heavy atom. The summed E-state index contributed by atoms with van der Waals surface area (Å²) in [6.45, 7) is 0.798. The Labute approximate surface area is 163 Å². The molecule has 4 rings (SSSR count). The summed E-state index contributed by atoms with van der Waals surface area (Å²) < 4.78 is 1.97. The van der Waals surface area contributed by atoms with Gasteiger partial charge in [0.15, 0.2) is 0 Å². The molecule has 0 aliphatic heterocycles. The van der Waals surface area contributed by atoms with Crippen LogP contribution in [0.2, 0.25) is 5.02 Å². The van der Waals surface area contributed by atoms with E-state index >= 15 is 0 Å². The summed E-state index contributed by atoms with van der Waals surface area (Å²) in [7, 11) is 0. The fourth-order valence-corrected chi connectivity index (χ4v) is 3.35. The zero-order valence-electron chi connectivity index (χ0n) is 14.9. The van der Waals surface area contributed by atoms with Crippen molar-refractivity contribution in [2.24, 2.45) is 5.73 Å². The third-order valence-corrected chi connectivity index (χ3v) is 5.00. The van der Waals surface area contributed by atoms with Crippen molar-refractivity contribution in [1.29, 1.82) is 0 Å². The first-order chi connectivity index (χ1) is 13.2. The van der Waals surface area contributed by atoms with Crippen molar-refractivity contribution in [3.63, 3.8) is 0 Å². The van der Waals surface area contributed by atoms with Gasteiger partial charge in [0.05, 0.1) is 6.20 Å². The minimum absolute atomic E-state index is 0.0898. The Morgan fingerprint density at radius 1 is 0.963 bits per heavy atom. The number of aryl methyl sites for hydroxylation is 1. The van der Waals surface area contributed by atoms with E-state index in [-0.39, 0.29) is 6.04 Å². The molecule has 5 heteroatoms. The van der Waals surface area contributed by atoms with E-state index in [9.17, 15) is 0 Å². The highest BCUT2D eigenvalue weighted by Crippen LogP contribution is 2.23. The number of fused-ring (bicyclic) bond motifs is 1. The molecular weight excluding hydrogens is 356 g/mol. The molecule has 0 spiro atoms. The molecule has 0 bridgehead atoms. The highest BCUT2D eigenvalue weighted by atomic mass is 35.5. The third-order valence-electron chi connectivity index (χ3n) is 4.75. The first-order valence-electron chi connectivity index (χ1n) is 9.04. The van der Waals surface area contributed by atoms with E-state index in [1.807, 2.05) is 53.6 Å². The molecule has 1 atom stereocenters. The first-order valence-corrected chi connectivity index (χ1v) is 9.42. The van der Waals surface area contributed by atoms with E-state index in [2.05, 4.69) is 34.5 Å². The van der Waals surface area contributed by atoms with Crippen LogP contribution in [0.5, 0.6) is 0 Å². The van der Waals surface area contributed by atoms with Crippen molar-refractivity contribution in [3.05, 3.63) is 83.9 Å². The molecule has 2 aromatic heterocycles. The number of nitrogens with zero attached hydrogens (tertiary/aromatic N) is 3. The van der Waals surface area contributed by atoms with Crippen LogP contribution in [0.1, 0.15) is 12.0 Å². The minimum Gasteiger partial charge on any atom is -0.327 e. The van der Waals surface area contributed by atoms with Gasteiger partial charge in [-0.3, -0.25) is 9.67 Å². The van der Waals surface area contributed by atoms with Crippen molar-refractivity contribution in [1.82, 2.24) is 14.8 Å². The molecule has 0 amide bonds. The van der Waals surface area contributed by atoms with Gasteiger partial charge in [-0.2, -0.15) is 5.10 Å². The van der Waals surface area contributed by atoms with Crippen LogP contribution in [0.25, 0.3) is 21.9 Å². The van der Waals surface area contributed by atoms with Gasteiger partial charge in [-0.25, -0.2) is 0 Å². The molecule has 27 heavy (non-hydrogen) atoms. The molecule has 2 heterocycles. The number of aromatic nitrogens is 3. The normalized spacial score (nSPS) is 12.4. The van der Waals surface area contributed by atoms with Gasteiger partial charge >= 0.3 is 0 Å². The summed E-state index contributed by atoms with van der Waals surface area (Å²) in [5, 5.41) is 7.57. The van der Waals surface area contributed by atoms with Crippen LogP contribution in [0, 0.1) is 0 Å². The number of benzene rings is 2. The quantitative estimate of drug-likeness (QED) is 0.530. The second-order valence-electron chi connectivity index (χ2n) is 6.81. The SMILES string of the molecule is NC(CCn1cc(-c2ccc3cnccc3c2)cn1)Cc1ccc(Cl)cc1. The van der Waals surface area contributed by atoms with Gasteiger partial charge in [-0.1, -0.05) is 35.9 Å². The van der Waals surface area contributed by atoms with Crippen molar-refractivity contribution < 1.29 is 0 Å². The molecule has 0 aliphatic carbocycles. The molecule has 4 aromatic rings. The monoisotopic (exact) mass is 376 g/mol. The van der Waals surface area contributed by atoms with Crippen molar-refractivity contribution in [2.45, 2.75) is 25.4 Å². The van der Waals surface area contributed by atoms with E-state index in [1.165, 1.54) is 10.9 Å². The lowest BCUT2D eigenvalue weighted by molar-refractivity contribution is 0.507. The van der Waals surface area contributed by atoms with Gasteiger partial charge in [0.1, 0.15) is 0 Å². The van der Waals surface area contributed by atoms with Crippen molar-refractivity contribution in [3.8, 4) is 11.1 Å². The lowest BCUT2D eigenvalue weighted by atomic mass is 10.0. The van der Waals surface area contributed by atoms with Gasteiger partial charge in [0, 0.05) is 47.1 Å². The van der Waals surface area contributed by atoms with E-state index in [4.69, 9.17) is 17.3 Å². The zero-order valence-corrected chi connectivity index (χ0v) is 15.7. The summed E-state index contributed by atoms with van der Waals surface area (Å²) in [4.78, 5) is 4.16. The fraction of sp³-hybridized carbons (Fsp3) is 0.182. The van der Waals surface area contributed by atoms with Crippen LogP contribution in [0.4, 0.5) is 0 Å². The van der Waals surface area contributed by atoms with Gasteiger partial charge in [0.2, 0.25) is 0 Å². The largest absolute Gasteiger partial charge is 0.327 e. The second-order valence-corrected chi connectivity index (χ2v) is 7.25. The smallest absolute Gasteiger partial charge is 0.0568 e. The van der Waals surface area contributed by atoms with Gasteiger partial charge in [-0.05, 0) is 53.6 Å². The van der Waals surface area contributed by atoms with Crippen LogP contribution >= 0.6 is 11.6 Å². The van der Waals surface area contributed by atoms with E-state index in [0.29, 0.717) is 0 Å². The van der Waals surface area contributed by atoms with Crippen molar-refractivity contribution in [2.75, 3.05) is 0 Å².